The van der Waals surface area contributed by atoms with E-state index < -0.39 is 5.91 Å². The van der Waals surface area contributed by atoms with Gasteiger partial charge in [-0.05, 0) is 13.0 Å². The molecule has 0 bridgehead atoms. The van der Waals surface area contributed by atoms with Crippen molar-refractivity contribution in [2.45, 2.75) is 6.92 Å². The number of carbonyl (C=O) groups excluding carboxylic acids is 1. The zero-order valence-corrected chi connectivity index (χ0v) is 14.8. The summed E-state index contributed by atoms with van der Waals surface area (Å²) < 4.78 is 1.40. The normalized spacial score (nSPS) is 10.5. The number of hydrogen-bond acceptors (Lipinski definition) is 4. The summed E-state index contributed by atoms with van der Waals surface area (Å²) in [5.74, 6) is -0.397. The number of aryl methyl sites for hydroxylation is 2. The topological polar surface area (TPSA) is 99.4 Å². The van der Waals surface area contributed by atoms with Crippen LogP contribution in [-0.4, -0.2) is 25.9 Å². The van der Waals surface area contributed by atoms with Crippen molar-refractivity contribution in [3.8, 4) is 17.3 Å². The number of rotatable bonds is 3. The maximum Gasteiger partial charge on any atom is 0.261 e. The van der Waals surface area contributed by atoms with Gasteiger partial charge in [0.25, 0.3) is 5.91 Å². The van der Waals surface area contributed by atoms with Crippen LogP contribution in [0, 0.1) is 18.3 Å². The first-order chi connectivity index (χ1) is 11.9. The Morgan fingerprint density at radius 2 is 2.08 bits per heavy atom. The van der Waals surface area contributed by atoms with Crippen LogP contribution in [0.4, 0.5) is 5.82 Å². The Kier molecular flexibility index (Phi) is 4.49. The lowest BCUT2D eigenvalue weighted by atomic mass is 10.1. The third-order valence-corrected chi connectivity index (χ3v) is 4.40. The minimum Gasteiger partial charge on any atom is -0.304 e. The van der Waals surface area contributed by atoms with E-state index in [-0.39, 0.29) is 22.1 Å². The molecule has 126 valence electrons. The summed E-state index contributed by atoms with van der Waals surface area (Å²) in [6.07, 6.45) is 0. The number of nitrogens with one attached hydrogen (secondary N) is 2. The predicted octanol–water partition coefficient (Wildman–Crippen LogP) is 3.55. The Hall–Kier alpha value is -2.82. The Bertz CT molecular complexity index is 1010. The van der Waals surface area contributed by atoms with Gasteiger partial charge in [0.05, 0.1) is 17.0 Å². The molecule has 0 fully saturated rings. The summed E-state index contributed by atoms with van der Waals surface area (Å²) in [5.41, 5.74) is 1.93. The molecule has 1 aromatic carbocycles. The Labute approximate surface area is 153 Å². The van der Waals surface area contributed by atoms with E-state index in [0.717, 1.165) is 0 Å². The van der Waals surface area contributed by atoms with E-state index in [2.05, 4.69) is 20.6 Å². The van der Waals surface area contributed by atoms with Gasteiger partial charge in [0.1, 0.15) is 16.8 Å². The summed E-state index contributed by atoms with van der Waals surface area (Å²) in [5, 5.41) is 23.6. The van der Waals surface area contributed by atoms with Crippen LogP contribution in [0.25, 0.3) is 11.3 Å². The fraction of sp³-hybridized carbons (Fsp3) is 0.125. The molecule has 0 aliphatic rings. The molecular formula is C16H12Cl2N6O. The lowest BCUT2D eigenvalue weighted by molar-refractivity contribution is 0.102. The quantitative estimate of drug-likeness (QED) is 0.731. The first-order valence-electron chi connectivity index (χ1n) is 7.17. The van der Waals surface area contributed by atoms with Gasteiger partial charge >= 0.3 is 0 Å². The van der Waals surface area contributed by atoms with E-state index in [1.54, 1.807) is 38.2 Å². The fourth-order valence-electron chi connectivity index (χ4n) is 2.46. The van der Waals surface area contributed by atoms with Crippen LogP contribution in [0.1, 0.15) is 21.6 Å². The molecule has 25 heavy (non-hydrogen) atoms. The number of halogens is 2. The van der Waals surface area contributed by atoms with Crippen molar-refractivity contribution in [1.82, 2.24) is 20.0 Å². The van der Waals surface area contributed by atoms with Gasteiger partial charge in [-0.3, -0.25) is 14.6 Å². The minimum absolute atomic E-state index is 0.0988. The van der Waals surface area contributed by atoms with Crippen LogP contribution < -0.4 is 5.32 Å². The highest BCUT2D eigenvalue weighted by Gasteiger charge is 2.23. The molecule has 0 unspecified atom stereocenters. The number of hydrogen-bond donors (Lipinski definition) is 2. The number of carbonyl (C=O) groups is 1. The number of benzene rings is 1. The summed E-state index contributed by atoms with van der Waals surface area (Å²) in [4.78, 5) is 12.5. The van der Waals surface area contributed by atoms with Gasteiger partial charge in [-0.1, -0.05) is 41.4 Å². The molecule has 0 atom stereocenters. The van der Waals surface area contributed by atoms with Crippen molar-refractivity contribution in [1.29, 1.82) is 5.26 Å². The molecule has 2 N–H and O–H groups in total. The summed E-state index contributed by atoms with van der Waals surface area (Å²) in [7, 11) is 1.64. The van der Waals surface area contributed by atoms with Gasteiger partial charge < -0.3 is 5.32 Å². The van der Waals surface area contributed by atoms with Crippen LogP contribution >= 0.6 is 23.2 Å². The predicted molar refractivity (Wildman–Crippen MR) is 94.7 cm³/mol. The molecule has 1 amide bonds. The highest BCUT2D eigenvalue weighted by atomic mass is 35.5. The van der Waals surface area contributed by atoms with Gasteiger partial charge in [-0.15, -0.1) is 0 Å². The Morgan fingerprint density at radius 3 is 2.68 bits per heavy atom. The van der Waals surface area contributed by atoms with E-state index >= 15 is 0 Å². The highest BCUT2D eigenvalue weighted by molar-refractivity contribution is 6.34. The minimum atomic E-state index is -0.496. The lowest BCUT2D eigenvalue weighted by Crippen LogP contribution is -2.14. The smallest absolute Gasteiger partial charge is 0.261 e. The lowest BCUT2D eigenvalue weighted by Gasteiger charge is -2.03. The van der Waals surface area contributed by atoms with E-state index in [1.165, 1.54) is 4.68 Å². The second-order valence-electron chi connectivity index (χ2n) is 5.24. The molecule has 0 radical (unpaired) electrons. The third-order valence-electron chi connectivity index (χ3n) is 3.63. The molecule has 0 aliphatic carbocycles. The number of aromatic amines is 1. The van der Waals surface area contributed by atoms with E-state index in [4.69, 9.17) is 23.2 Å². The fourth-order valence-corrected chi connectivity index (χ4v) is 2.95. The molecule has 0 spiro atoms. The number of aromatic nitrogens is 4. The molecular weight excluding hydrogens is 363 g/mol. The second-order valence-corrected chi connectivity index (χ2v) is 6.01. The summed E-state index contributed by atoms with van der Waals surface area (Å²) in [6.45, 7) is 1.67. The third kappa shape index (κ3) is 2.97. The van der Waals surface area contributed by atoms with E-state index in [9.17, 15) is 10.1 Å². The largest absolute Gasteiger partial charge is 0.304 e. The molecule has 2 heterocycles. The van der Waals surface area contributed by atoms with E-state index in [0.29, 0.717) is 22.0 Å². The van der Waals surface area contributed by atoms with E-state index in [1.807, 2.05) is 6.07 Å². The highest BCUT2D eigenvalue weighted by Crippen LogP contribution is 2.31. The van der Waals surface area contributed by atoms with Gasteiger partial charge in [0.15, 0.2) is 5.82 Å². The zero-order valence-electron chi connectivity index (χ0n) is 13.3. The Balaban J connectivity index is 1.99. The second kappa shape index (κ2) is 6.59. The van der Waals surface area contributed by atoms with Gasteiger partial charge in [0, 0.05) is 17.6 Å². The molecule has 0 saturated heterocycles. The van der Waals surface area contributed by atoms with Crippen LogP contribution in [0.15, 0.2) is 24.3 Å². The zero-order chi connectivity index (χ0) is 18.1. The number of amides is 1. The monoisotopic (exact) mass is 374 g/mol. The maximum atomic E-state index is 12.5. The first-order valence-corrected chi connectivity index (χ1v) is 7.93. The Morgan fingerprint density at radius 1 is 1.36 bits per heavy atom. The van der Waals surface area contributed by atoms with Crippen LogP contribution in [0.3, 0.4) is 0 Å². The summed E-state index contributed by atoms with van der Waals surface area (Å²) in [6, 6.07) is 9.07. The van der Waals surface area contributed by atoms with Crippen molar-refractivity contribution in [2.24, 2.45) is 7.05 Å². The number of nitriles is 1. The average molecular weight is 375 g/mol. The van der Waals surface area contributed by atoms with Crippen LogP contribution in [0.5, 0.6) is 0 Å². The summed E-state index contributed by atoms with van der Waals surface area (Å²) >= 11 is 12.3. The SMILES string of the molecule is Cc1nn(C)c(Cl)c1C(=O)Nc1n[nH]c(-c2ccccc2Cl)c1C#N. The van der Waals surface area contributed by atoms with Crippen molar-refractivity contribution in [3.63, 3.8) is 0 Å². The van der Waals surface area contributed by atoms with Crippen LogP contribution in [0.2, 0.25) is 10.2 Å². The molecule has 3 rings (SSSR count). The molecule has 3 aromatic rings. The maximum absolute atomic E-state index is 12.5. The van der Waals surface area contributed by atoms with Crippen molar-refractivity contribution in [2.75, 3.05) is 5.32 Å². The molecule has 2 aromatic heterocycles. The van der Waals surface area contributed by atoms with Gasteiger partial charge in [-0.25, -0.2) is 0 Å². The molecule has 7 nitrogen and oxygen atoms in total. The van der Waals surface area contributed by atoms with Crippen LogP contribution in [-0.2, 0) is 7.05 Å². The standard InChI is InChI=1S/C16H12Cl2N6O/c1-8-12(14(18)24(2)23-8)16(25)20-15-10(7-19)13(21-22-15)9-5-3-4-6-11(9)17/h3-6H,1-2H3,(H2,20,21,22,25). The first kappa shape index (κ1) is 17.0. The molecule has 0 aliphatic heterocycles. The van der Waals surface area contributed by atoms with Crippen molar-refractivity contribution < 1.29 is 4.79 Å². The number of anilines is 1. The average Bonchev–Trinajstić information content (AvgIpc) is 3.08. The number of H-pyrrole nitrogens is 1. The van der Waals surface area contributed by atoms with Crippen molar-refractivity contribution >= 4 is 34.9 Å². The van der Waals surface area contributed by atoms with Gasteiger partial charge in [0.2, 0.25) is 0 Å². The van der Waals surface area contributed by atoms with Gasteiger partial charge in [-0.2, -0.15) is 15.5 Å². The van der Waals surface area contributed by atoms with Crippen molar-refractivity contribution in [3.05, 3.63) is 51.3 Å². The molecule has 0 saturated carbocycles. The number of nitrogens with zero attached hydrogens (tertiary/aromatic N) is 4. The molecule has 9 heteroatoms.